The third-order valence-electron chi connectivity index (χ3n) is 3.85. The summed E-state index contributed by atoms with van der Waals surface area (Å²) >= 11 is 3.58. The molecule has 22 heavy (non-hydrogen) atoms. The lowest BCUT2D eigenvalue weighted by Crippen LogP contribution is -2.12. The Kier molecular flexibility index (Phi) is 4.65. The minimum absolute atomic E-state index is 0.621. The molecule has 3 heteroatoms. The van der Waals surface area contributed by atoms with E-state index in [1.807, 2.05) is 12.1 Å². The standard InChI is InChI=1S/C19H20BrNO/c1-21(2)11-5-8-17-16-7-4-3-6-14(16)13-22-19-10-9-15(20)12-18(17)19/h3-4,6-10,12H,5,11,13H2,1-2H3. The fraction of sp³-hybridized carbons (Fsp3) is 0.263. The van der Waals surface area contributed by atoms with Gasteiger partial charge in [-0.05, 0) is 55.4 Å². The highest BCUT2D eigenvalue weighted by molar-refractivity contribution is 9.10. The van der Waals surface area contributed by atoms with E-state index in [4.69, 9.17) is 4.74 Å². The van der Waals surface area contributed by atoms with Gasteiger partial charge in [0.1, 0.15) is 12.4 Å². The lowest BCUT2D eigenvalue weighted by Gasteiger charge is -2.12. The summed E-state index contributed by atoms with van der Waals surface area (Å²) in [5.74, 6) is 0.954. The van der Waals surface area contributed by atoms with Crippen LogP contribution >= 0.6 is 15.9 Å². The van der Waals surface area contributed by atoms with E-state index in [9.17, 15) is 0 Å². The van der Waals surface area contributed by atoms with Crippen molar-refractivity contribution in [3.8, 4) is 5.75 Å². The van der Waals surface area contributed by atoms with Crippen LogP contribution in [0, 0.1) is 0 Å². The van der Waals surface area contributed by atoms with Crippen LogP contribution < -0.4 is 4.74 Å². The van der Waals surface area contributed by atoms with Crippen molar-refractivity contribution in [1.29, 1.82) is 0 Å². The summed E-state index contributed by atoms with van der Waals surface area (Å²) in [4.78, 5) is 2.21. The highest BCUT2D eigenvalue weighted by Gasteiger charge is 2.18. The second-order valence-electron chi connectivity index (χ2n) is 5.80. The molecule has 1 heterocycles. The number of benzene rings is 2. The molecule has 0 fully saturated rings. The smallest absolute Gasteiger partial charge is 0.127 e. The Labute approximate surface area is 140 Å². The molecule has 0 saturated heterocycles. The molecule has 0 radical (unpaired) electrons. The minimum atomic E-state index is 0.621. The number of hydrogen-bond donors (Lipinski definition) is 0. The normalized spacial score (nSPS) is 15.2. The zero-order valence-electron chi connectivity index (χ0n) is 13.0. The molecular formula is C19H20BrNO. The Balaban J connectivity index is 2.10. The molecule has 2 aromatic rings. The van der Waals surface area contributed by atoms with Crippen molar-refractivity contribution in [1.82, 2.24) is 4.90 Å². The first-order chi connectivity index (χ1) is 10.6. The van der Waals surface area contributed by atoms with E-state index < -0.39 is 0 Å². The molecule has 0 saturated carbocycles. The fourth-order valence-electron chi connectivity index (χ4n) is 2.74. The number of ether oxygens (including phenoxy) is 1. The maximum atomic E-state index is 6.02. The molecule has 0 unspecified atom stereocenters. The number of hydrogen-bond acceptors (Lipinski definition) is 2. The average molecular weight is 358 g/mol. The molecular weight excluding hydrogens is 338 g/mol. The van der Waals surface area contributed by atoms with Gasteiger partial charge in [0.2, 0.25) is 0 Å². The minimum Gasteiger partial charge on any atom is -0.488 e. The van der Waals surface area contributed by atoms with Gasteiger partial charge in [-0.2, -0.15) is 0 Å². The molecule has 0 amide bonds. The van der Waals surface area contributed by atoms with E-state index in [1.54, 1.807) is 0 Å². The SMILES string of the molecule is CN(C)CCC=C1c2ccccc2COc2ccc(Br)cc21. The Morgan fingerprint density at radius 3 is 2.77 bits per heavy atom. The molecule has 0 spiro atoms. The van der Waals surface area contributed by atoms with Crippen LogP contribution in [0.4, 0.5) is 0 Å². The number of rotatable bonds is 3. The van der Waals surface area contributed by atoms with Crippen LogP contribution in [0.15, 0.2) is 53.0 Å². The van der Waals surface area contributed by atoms with Crippen LogP contribution in [-0.4, -0.2) is 25.5 Å². The quantitative estimate of drug-likeness (QED) is 0.787. The van der Waals surface area contributed by atoms with Gasteiger partial charge in [0, 0.05) is 16.6 Å². The Morgan fingerprint density at radius 2 is 1.95 bits per heavy atom. The average Bonchev–Trinajstić information content (AvgIpc) is 2.65. The molecule has 114 valence electrons. The molecule has 2 aromatic carbocycles. The van der Waals surface area contributed by atoms with Crippen molar-refractivity contribution >= 4 is 21.5 Å². The van der Waals surface area contributed by atoms with Crippen molar-refractivity contribution in [3.63, 3.8) is 0 Å². The molecule has 0 atom stereocenters. The monoisotopic (exact) mass is 357 g/mol. The van der Waals surface area contributed by atoms with Gasteiger partial charge in [0.15, 0.2) is 0 Å². The Bertz CT molecular complexity index is 706. The van der Waals surface area contributed by atoms with Gasteiger partial charge in [0.05, 0.1) is 0 Å². The summed E-state index contributed by atoms with van der Waals surface area (Å²) < 4.78 is 7.09. The summed E-state index contributed by atoms with van der Waals surface area (Å²) in [6.07, 6.45) is 3.35. The first kappa shape index (κ1) is 15.3. The van der Waals surface area contributed by atoms with Gasteiger partial charge in [-0.25, -0.2) is 0 Å². The second-order valence-corrected chi connectivity index (χ2v) is 6.71. The van der Waals surface area contributed by atoms with Gasteiger partial charge < -0.3 is 9.64 Å². The highest BCUT2D eigenvalue weighted by atomic mass is 79.9. The molecule has 2 nitrogen and oxygen atoms in total. The van der Waals surface area contributed by atoms with Crippen LogP contribution in [0.1, 0.15) is 23.1 Å². The van der Waals surface area contributed by atoms with Crippen LogP contribution in [0.25, 0.3) is 5.57 Å². The molecule has 3 rings (SSSR count). The van der Waals surface area contributed by atoms with Crippen LogP contribution in [0.2, 0.25) is 0 Å². The van der Waals surface area contributed by atoms with Crippen molar-refractivity contribution in [2.24, 2.45) is 0 Å². The maximum Gasteiger partial charge on any atom is 0.127 e. The van der Waals surface area contributed by atoms with Crippen molar-refractivity contribution in [2.75, 3.05) is 20.6 Å². The summed E-state index contributed by atoms with van der Waals surface area (Å²) in [6, 6.07) is 14.7. The lowest BCUT2D eigenvalue weighted by atomic mass is 9.93. The van der Waals surface area contributed by atoms with Crippen LogP contribution in [0.5, 0.6) is 5.75 Å². The van der Waals surface area contributed by atoms with Crippen molar-refractivity contribution in [2.45, 2.75) is 13.0 Å². The van der Waals surface area contributed by atoms with Gasteiger partial charge in [-0.1, -0.05) is 46.3 Å². The fourth-order valence-corrected chi connectivity index (χ4v) is 3.10. The predicted molar refractivity (Wildman–Crippen MR) is 95.2 cm³/mol. The van der Waals surface area contributed by atoms with Crippen molar-refractivity contribution < 1.29 is 4.74 Å². The summed E-state index contributed by atoms with van der Waals surface area (Å²) in [5.41, 5.74) is 4.95. The number of nitrogens with zero attached hydrogens (tertiary/aromatic N) is 1. The third-order valence-corrected chi connectivity index (χ3v) is 4.34. The van der Waals surface area contributed by atoms with E-state index >= 15 is 0 Å². The molecule has 0 N–H and O–H groups in total. The molecule has 1 aliphatic heterocycles. The zero-order valence-corrected chi connectivity index (χ0v) is 14.6. The third kappa shape index (κ3) is 3.26. The highest BCUT2D eigenvalue weighted by Crippen LogP contribution is 2.38. The Hall–Kier alpha value is -1.58. The topological polar surface area (TPSA) is 12.5 Å². The van der Waals surface area contributed by atoms with Crippen molar-refractivity contribution in [3.05, 3.63) is 69.7 Å². The number of halogens is 1. The summed E-state index contributed by atoms with van der Waals surface area (Å²) in [5, 5.41) is 0. The van der Waals surface area contributed by atoms with E-state index in [0.717, 1.165) is 28.8 Å². The van der Waals surface area contributed by atoms with E-state index in [0.29, 0.717) is 6.61 Å². The van der Waals surface area contributed by atoms with Gasteiger partial charge >= 0.3 is 0 Å². The van der Waals surface area contributed by atoms with Gasteiger partial charge in [-0.15, -0.1) is 0 Å². The van der Waals surface area contributed by atoms with E-state index in [2.05, 4.69) is 71.3 Å². The molecule has 1 aliphatic rings. The largest absolute Gasteiger partial charge is 0.488 e. The Morgan fingerprint density at radius 1 is 1.14 bits per heavy atom. The first-order valence-corrected chi connectivity index (χ1v) is 8.30. The maximum absolute atomic E-state index is 6.02. The predicted octanol–water partition coefficient (Wildman–Crippen LogP) is 4.72. The van der Waals surface area contributed by atoms with Gasteiger partial charge in [-0.3, -0.25) is 0 Å². The molecule has 0 aliphatic carbocycles. The van der Waals surface area contributed by atoms with E-state index in [-0.39, 0.29) is 0 Å². The summed E-state index contributed by atoms with van der Waals surface area (Å²) in [6.45, 7) is 1.66. The summed E-state index contributed by atoms with van der Waals surface area (Å²) in [7, 11) is 4.21. The number of fused-ring (bicyclic) bond motifs is 2. The first-order valence-electron chi connectivity index (χ1n) is 7.51. The lowest BCUT2D eigenvalue weighted by molar-refractivity contribution is 0.307. The van der Waals surface area contributed by atoms with Crippen LogP contribution in [0.3, 0.4) is 0 Å². The zero-order chi connectivity index (χ0) is 15.5. The van der Waals surface area contributed by atoms with E-state index in [1.165, 1.54) is 16.7 Å². The molecule has 0 aromatic heterocycles. The van der Waals surface area contributed by atoms with Crippen LogP contribution in [-0.2, 0) is 6.61 Å². The van der Waals surface area contributed by atoms with Gasteiger partial charge in [0.25, 0.3) is 0 Å². The molecule has 0 bridgehead atoms. The second kappa shape index (κ2) is 6.67.